The predicted molar refractivity (Wildman–Crippen MR) is 58.1 cm³/mol. The molecule has 0 N–H and O–H groups in total. The number of nitrogens with zero attached hydrogens (tertiary/aromatic N) is 2. The van der Waals surface area contributed by atoms with E-state index in [1.54, 1.807) is 24.3 Å². The lowest BCUT2D eigenvalue weighted by Gasteiger charge is -2.40. The second kappa shape index (κ2) is 4.30. The molecule has 0 saturated heterocycles. The van der Waals surface area contributed by atoms with Crippen LogP contribution in [0, 0.1) is 10.1 Å². The first kappa shape index (κ1) is 10.8. The summed E-state index contributed by atoms with van der Waals surface area (Å²) >= 11 is 0. The largest absolute Gasteiger partial charge is 0.627 e. The van der Waals surface area contributed by atoms with Crippen molar-refractivity contribution in [1.29, 1.82) is 0 Å². The molecule has 0 aliphatic carbocycles. The molecule has 1 rings (SSSR count). The van der Waals surface area contributed by atoms with E-state index >= 15 is 0 Å². The Morgan fingerprint density at radius 3 is 2.07 bits per heavy atom. The zero-order valence-electron chi connectivity index (χ0n) is 8.43. The normalized spacial score (nSPS) is 11.4. The third-order valence-electron chi connectivity index (χ3n) is 2.45. The molecule has 0 atom stereocenters. The molecule has 0 bridgehead atoms. The summed E-state index contributed by atoms with van der Waals surface area (Å²) in [6, 6.07) is 6.46. The van der Waals surface area contributed by atoms with E-state index < -0.39 is 0 Å². The van der Waals surface area contributed by atoms with Crippen molar-refractivity contribution in [3.63, 3.8) is 0 Å². The van der Waals surface area contributed by atoms with Crippen LogP contribution in [0.4, 0.5) is 11.4 Å². The summed E-state index contributed by atoms with van der Waals surface area (Å²) < 4.78 is -0.362. The molecule has 0 spiro atoms. The Kier molecular flexibility index (Phi) is 3.33. The number of hydrogen-bond donors (Lipinski definition) is 0. The van der Waals surface area contributed by atoms with Crippen LogP contribution in [0.3, 0.4) is 0 Å². The summed E-state index contributed by atoms with van der Waals surface area (Å²) in [5.41, 5.74) is 1.02. The lowest BCUT2D eigenvalue weighted by molar-refractivity contribution is 0.410. The van der Waals surface area contributed by atoms with Crippen LogP contribution >= 0.6 is 0 Å². The Labute approximate surface area is 83.3 Å². The smallest absolute Gasteiger partial charge is 0.132 e. The summed E-state index contributed by atoms with van der Waals surface area (Å²) in [6.07, 6.45) is 0. The third-order valence-corrected chi connectivity index (χ3v) is 2.45. The Bertz CT molecular complexity index is 304. The summed E-state index contributed by atoms with van der Waals surface area (Å²) in [4.78, 5) is 10.2. The van der Waals surface area contributed by atoms with Crippen molar-refractivity contribution in [3.05, 3.63) is 34.4 Å². The van der Waals surface area contributed by atoms with Gasteiger partial charge in [-0.05, 0) is 31.2 Å². The van der Waals surface area contributed by atoms with E-state index in [0.717, 1.165) is 0 Å². The van der Waals surface area contributed by atoms with Gasteiger partial charge in [-0.15, -0.1) is 4.91 Å². The molecule has 14 heavy (non-hydrogen) atoms. The van der Waals surface area contributed by atoms with Crippen molar-refractivity contribution in [1.82, 2.24) is 4.65 Å². The SMILES string of the molecule is CC[N+]([O-])(CC)c1ccc(N=O)cc1. The van der Waals surface area contributed by atoms with Gasteiger partial charge >= 0.3 is 0 Å². The number of nitroso groups, excluding NO2 is 1. The quantitative estimate of drug-likeness (QED) is 0.420. The summed E-state index contributed by atoms with van der Waals surface area (Å²) in [7, 11) is 0. The lowest BCUT2D eigenvalue weighted by Crippen LogP contribution is -2.42. The summed E-state index contributed by atoms with van der Waals surface area (Å²) in [5.74, 6) is 0. The number of quaternary nitrogens is 1. The molecule has 0 amide bonds. The average Bonchev–Trinajstić information content (AvgIpc) is 2.28. The van der Waals surface area contributed by atoms with E-state index in [1.165, 1.54) is 0 Å². The van der Waals surface area contributed by atoms with Crippen molar-refractivity contribution in [3.8, 4) is 0 Å². The van der Waals surface area contributed by atoms with E-state index in [0.29, 0.717) is 24.5 Å². The number of benzene rings is 1. The Hall–Kier alpha value is -1.26. The fourth-order valence-electron chi connectivity index (χ4n) is 1.37. The fraction of sp³-hybridized carbons (Fsp3) is 0.400. The molecule has 0 radical (unpaired) electrons. The van der Waals surface area contributed by atoms with E-state index in [1.807, 2.05) is 13.8 Å². The Morgan fingerprint density at radius 2 is 1.71 bits per heavy atom. The molecule has 1 aromatic rings. The summed E-state index contributed by atoms with van der Waals surface area (Å²) in [6.45, 7) is 4.68. The molecule has 4 heteroatoms. The van der Waals surface area contributed by atoms with Gasteiger partial charge in [-0.3, -0.25) is 0 Å². The minimum Gasteiger partial charge on any atom is -0.627 e. The highest BCUT2D eigenvalue weighted by molar-refractivity contribution is 5.50. The van der Waals surface area contributed by atoms with Gasteiger partial charge in [-0.2, -0.15) is 0 Å². The van der Waals surface area contributed by atoms with Gasteiger partial charge in [-0.25, -0.2) is 0 Å². The Balaban J connectivity index is 3.00. The highest BCUT2D eigenvalue weighted by Crippen LogP contribution is 2.24. The van der Waals surface area contributed by atoms with Gasteiger partial charge in [0.2, 0.25) is 0 Å². The van der Waals surface area contributed by atoms with Gasteiger partial charge in [0.25, 0.3) is 0 Å². The minimum absolute atomic E-state index is 0.354. The Morgan fingerprint density at radius 1 is 1.21 bits per heavy atom. The number of hydroxylamine groups is 2. The highest BCUT2D eigenvalue weighted by atomic mass is 16.5. The van der Waals surface area contributed by atoms with Crippen LogP contribution in [0.5, 0.6) is 0 Å². The molecule has 0 saturated carbocycles. The lowest BCUT2D eigenvalue weighted by atomic mass is 10.2. The van der Waals surface area contributed by atoms with Crippen LogP contribution < -0.4 is 4.65 Å². The van der Waals surface area contributed by atoms with Gasteiger partial charge in [0.15, 0.2) is 0 Å². The molecule has 0 aliphatic rings. The van der Waals surface area contributed by atoms with Gasteiger partial charge in [0.05, 0.1) is 13.1 Å². The van der Waals surface area contributed by atoms with Crippen molar-refractivity contribution in [2.75, 3.05) is 13.1 Å². The van der Waals surface area contributed by atoms with Crippen molar-refractivity contribution < 1.29 is 0 Å². The standard InChI is InChI=1S/C10H14N2O2/c1-3-12(14,4-2)10-7-5-9(11-13)6-8-10/h5-8H,3-4H2,1-2H3. The molecular weight excluding hydrogens is 180 g/mol. The van der Waals surface area contributed by atoms with Gasteiger partial charge in [-0.1, -0.05) is 0 Å². The second-order valence-corrected chi connectivity index (χ2v) is 3.13. The number of hydrogen-bond acceptors (Lipinski definition) is 3. The molecular formula is C10H14N2O2. The maximum Gasteiger partial charge on any atom is 0.132 e. The molecule has 0 unspecified atom stereocenters. The maximum atomic E-state index is 12.1. The minimum atomic E-state index is -0.362. The van der Waals surface area contributed by atoms with Crippen LogP contribution in [-0.2, 0) is 0 Å². The van der Waals surface area contributed by atoms with Gasteiger partial charge < -0.3 is 9.85 Å². The first-order valence-electron chi connectivity index (χ1n) is 4.68. The average molecular weight is 194 g/mol. The maximum absolute atomic E-state index is 12.1. The van der Waals surface area contributed by atoms with Gasteiger partial charge in [0.1, 0.15) is 11.4 Å². The predicted octanol–water partition coefficient (Wildman–Crippen LogP) is 2.93. The van der Waals surface area contributed by atoms with E-state index in [2.05, 4.69) is 5.18 Å². The zero-order chi connectivity index (χ0) is 10.6. The first-order valence-corrected chi connectivity index (χ1v) is 4.68. The van der Waals surface area contributed by atoms with Crippen LogP contribution in [0.15, 0.2) is 29.4 Å². The van der Waals surface area contributed by atoms with Crippen molar-refractivity contribution >= 4 is 11.4 Å². The molecule has 0 aromatic heterocycles. The van der Waals surface area contributed by atoms with Crippen LogP contribution in [0.1, 0.15) is 13.8 Å². The van der Waals surface area contributed by atoms with E-state index in [9.17, 15) is 10.1 Å². The van der Waals surface area contributed by atoms with E-state index in [4.69, 9.17) is 0 Å². The topological polar surface area (TPSA) is 52.5 Å². The first-order chi connectivity index (χ1) is 6.66. The van der Waals surface area contributed by atoms with Crippen LogP contribution in [0.25, 0.3) is 0 Å². The molecule has 76 valence electrons. The molecule has 1 aromatic carbocycles. The molecule has 0 heterocycles. The third kappa shape index (κ3) is 1.97. The molecule has 0 aliphatic heterocycles. The zero-order valence-corrected chi connectivity index (χ0v) is 8.43. The van der Waals surface area contributed by atoms with E-state index in [-0.39, 0.29) is 4.65 Å². The van der Waals surface area contributed by atoms with Crippen molar-refractivity contribution in [2.24, 2.45) is 5.18 Å². The summed E-state index contributed by atoms with van der Waals surface area (Å²) in [5, 5.41) is 14.9. The molecule has 0 fully saturated rings. The van der Waals surface area contributed by atoms with Crippen molar-refractivity contribution in [2.45, 2.75) is 13.8 Å². The highest BCUT2D eigenvalue weighted by Gasteiger charge is 2.14. The fourth-order valence-corrected chi connectivity index (χ4v) is 1.37. The van der Waals surface area contributed by atoms with Gasteiger partial charge in [0, 0.05) is 12.1 Å². The molecule has 4 nitrogen and oxygen atoms in total. The monoisotopic (exact) mass is 194 g/mol. The van der Waals surface area contributed by atoms with Crippen LogP contribution in [-0.4, -0.2) is 13.1 Å². The second-order valence-electron chi connectivity index (χ2n) is 3.13. The number of rotatable bonds is 4. The van der Waals surface area contributed by atoms with Crippen LogP contribution in [0.2, 0.25) is 0 Å².